The van der Waals surface area contributed by atoms with Crippen LogP contribution in [0.5, 0.6) is 5.75 Å². The normalized spacial score (nSPS) is 23.9. The lowest BCUT2D eigenvalue weighted by Gasteiger charge is -2.39. The molecule has 7 nitrogen and oxygen atoms in total. The average molecular weight is 524 g/mol. The van der Waals surface area contributed by atoms with Crippen LogP contribution in [-0.4, -0.2) is 43.5 Å². The van der Waals surface area contributed by atoms with Crippen LogP contribution in [0.1, 0.15) is 55.2 Å². The van der Waals surface area contributed by atoms with Gasteiger partial charge in [0, 0.05) is 30.6 Å². The molecule has 0 amide bonds. The van der Waals surface area contributed by atoms with E-state index in [2.05, 4.69) is 20.5 Å². The summed E-state index contributed by atoms with van der Waals surface area (Å²) in [6.07, 6.45) is -7.94. The van der Waals surface area contributed by atoms with Crippen molar-refractivity contribution in [2.75, 3.05) is 6.61 Å². The lowest BCUT2D eigenvalue weighted by atomic mass is 9.85. The molecule has 0 radical (unpaired) electrons. The van der Waals surface area contributed by atoms with E-state index in [1.807, 2.05) is 0 Å². The number of aromatic nitrogens is 4. The first-order chi connectivity index (χ1) is 16.2. The van der Waals surface area contributed by atoms with Crippen molar-refractivity contribution < 1.29 is 36.2 Å². The molecular formula is C21H23F6N5O2S. The van der Waals surface area contributed by atoms with Gasteiger partial charge in [0.25, 0.3) is 0 Å². The first-order valence-corrected chi connectivity index (χ1v) is 11.6. The first kappa shape index (κ1) is 25.6. The summed E-state index contributed by atoms with van der Waals surface area (Å²) < 4.78 is 87.3. The van der Waals surface area contributed by atoms with Crippen LogP contribution in [0.15, 0.2) is 18.5 Å². The number of imidazole rings is 1. The summed E-state index contributed by atoms with van der Waals surface area (Å²) >= 11 is 0.273. The molecule has 192 valence electrons. The molecule has 1 aliphatic heterocycles. The fraction of sp³-hybridized carbons (Fsp3) is 0.571. The van der Waals surface area contributed by atoms with Crippen molar-refractivity contribution in [2.24, 2.45) is 0 Å². The number of fused-ring (bicyclic) bond motifs is 1. The Kier molecular flexibility index (Phi) is 6.51. The average Bonchev–Trinajstić information content (AvgIpc) is 3.38. The summed E-state index contributed by atoms with van der Waals surface area (Å²) in [5.74, 6) is -0.0577. The molecule has 1 aliphatic rings. The third-order valence-electron chi connectivity index (χ3n) is 5.77. The number of halogens is 6. The molecule has 2 N–H and O–H groups in total. The topological polar surface area (TPSA) is 85.1 Å². The van der Waals surface area contributed by atoms with Gasteiger partial charge in [-0.1, -0.05) is 11.3 Å². The number of rotatable bonds is 5. The van der Waals surface area contributed by atoms with Gasteiger partial charge in [0.1, 0.15) is 23.0 Å². The molecule has 3 unspecified atom stereocenters. The quantitative estimate of drug-likeness (QED) is 0.463. The summed E-state index contributed by atoms with van der Waals surface area (Å²) in [6, 6.07) is 1.18. The third-order valence-corrected chi connectivity index (χ3v) is 6.93. The Bertz CT molecular complexity index is 1210. The van der Waals surface area contributed by atoms with Crippen molar-refractivity contribution in [3.05, 3.63) is 34.0 Å². The van der Waals surface area contributed by atoms with E-state index in [0.29, 0.717) is 0 Å². The molecule has 3 atom stereocenters. The van der Waals surface area contributed by atoms with Crippen LogP contribution in [-0.2, 0) is 18.0 Å². The summed E-state index contributed by atoms with van der Waals surface area (Å²) in [4.78, 5) is 4.09. The van der Waals surface area contributed by atoms with Crippen LogP contribution < -0.4 is 10.1 Å². The molecule has 3 heterocycles. The van der Waals surface area contributed by atoms with E-state index in [-0.39, 0.29) is 64.7 Å². The fourth-order valence-electron chi connectivity index (χ4n) is 4.36. The van der Waals surface area contributed by atoms with Gasteiger partial charge in [0.2, 0.25) is 5.01 Å². The fourth-order valence-corrected chi connectivity index (χ4v) is 5.18. The highest BCUT2D eigenvalue weighted by molar-refractivity contribution is 7.11. The molecule has 4 rings (SSSR count). The predicted octanol–water partition coefficient (Wildman–Crippen LogP) is 4.91. The maximum absolute atomic E-state index is 13.8. The van der Waals surface area contributed by atoms with Crippen LogP contribution in [0.25, 0.3) is 11.0 Å². The Hall–Kier alpha value is -2.45. The molecule has 1 aromatic carbocycles. The zero-order valence-corrected chi connectivity index (χ0v) is 19.7. The number of hydrogen-bond acceptors (Lipinski definition) is 7. The molecule has 0 aliphatic carbocycles. The van der Waals surface area contributed by atoms with E-state index >= 15 is 0 Å². The standard InChI is InChI=1S/C21H23F6N5O2S/c1-10(2)32-9-28-15-5-13(4-14(16(15)32)20(22,23)24)34-8-12-7-19(33,6-11(3)29-12)17-30-31-18(35-17)21(25,26)27/h4-5,9-12,29,33H,6-8H2,1-3H3. The Morgan fingerprint density at radius 1 is 1.17 bits per heavy atom. The first-order valence-electron chi connectivity index (χ1n) is 10.8. The third kappa shape index (κ3) is 5.23. The molecule has 1 saturated heterocycles. The van der Waals surface area contributed by atoms with Crippen molar-refractivity contribution in [1.82, 2.24) is 25.1 Å². The Labute approximate surface area is 200 Å². The Balaban J connectivity index is 1.56. The van der Waals surface area contributed by atoms with Crippen LogP contribution in [0.4, 0.5) is 26.3 Å². The molecule has 1 fully saturated rings. The Morgan fingerprint density at radius 3 is 2.49 bits per heavy atom. The van der Waals surface area contributed by atoms with E-state index in [9.17, 15) is 31.4 Å². The smallest absolute Gasteiger partial charge is 0.445 e. The molecule has 0 spiro atoms. The minimum absolute atomic E-state index is 0.0459. The van der Waals surface area contributed by atoms with Gasteiger partial charge in [-0.3, -0.25) is 0 Å². The van der Waals surface area contributed by atoms with E-state index in [0.717, 1.165) is 6.07 Å². The van der Waals surface area contributed by atoms with Gasteiger partial charge in [-0.05, 0) is 33.3 Å². The van der Waals surface area contributed by atoms with Gasteiger partial charge < -0.3 is 19.7 Å². The molecular weight excluding hydrogens is 500 g/mol. The van der Waals surface area contributed by atoms with E-state index in [1.54, 1.807) is 20.8 Å². The highest BCUT2D eigenvalue weighted by Gasteiger charge is 2.44. The van der Waals surface area contributed by atoms with Gasteiger partial charge in [-0.15, -0.1) is 10.2 Å². The maximum atomic E-state index is 13.8. The van der Waals surface area contributed by atoms with Crippen molar-refractivity contribution in [2.45, 2.75) is 69.7 Å². The minimum Gasteiger partial charge on any atom is -0.492 e. The summed E-state index contributed by atoms with van der Waals surface area (Å²) in [6.45, 7) is 5.09. The number of ether oxygens (including phenoxy) is 1. The summed E-state index contributed by atoms with van der Waals surface area (Å²) in [7, 11) is 0. The highest BCUT2D eigenvalue weighted by Crippen LogP contribution is 2.41. The van der Waals surface area contributed by atoms with Crippen LogP contribution in [0, 0.1) is 0 Å². The van der Waals surface area contributed by atoms with Gasteiger partial charge in [0.15, 0.2) is 0 Å². The van der Waals surface area contributed by atoms with Crippen molar-refractivity contribution >= 4 is 22.4 Å². The van der Waals surface area contributed by atoms with Crippen molar-refractivity contribution in [3.63, 3.8) is 0 Å². The zero-order chi connectivity index (χ0) is 25.8. The number of hydrogen-bond donors (Lipinski definition) is 2. The monoisotopic (exact) mass is 523 g/mol. The number of alkyl halides is 6. The SMILES string of the molecule is CC1CC(O)(c2nnc(C(F)(F)F)s2)CC(COc2cc(C(F)(F)F)c3c(c2)ncn3C(C)C)N1. The van der Waals surface area contributed by atoms with Gasteiger partial charge in [-0.2, -0.15) is 26.3 Å². The molecule has 2 aromatic heterocycles. The lowest BCUT2D eigenvalue weighted by Crippen LogP contribution is -2.53. The van der Waals surface area contributed by atoms with Gasteiger partial charge in [0.05, 0.1) is 22.9 Å². The van der Waals surface area contributed by atoms with E-state index < -0.39 is 34.6 Å². The van der Waals surface area contributed by atoms with E-state index in [4.69, 9.17) is 4.74 Å². The molecule has 14 heteroatoms. The van der Waals surface area contributed by atoms with Crippen LogP contribution >= 0.6 is 11.3 Å². The number of aliphatic hydroxyl groups is 1. The van der Waals surface area contributed by atoms with Crippen molar-refractivity contribution in [3.8, 4) is 5.75 Å². The van der Waals surface area contributed by atoms with Gasteiger partial charge >= 0.3 is 12.4 Å². The lowest BCUT2D eigenvalue weighted by molar-refractivity contribution is -0.138. The van der Waals surface area contributed by atoms with Crippen molar-refractivity contribution in [1.29, 1.82) is 0 Å². The largest absolute Gasteiger partial charge is 0.492 e. The predicted molar refractivity (Wildman–Crippen MR) is 115 cm³/mol. The zero-order valence-electron chi connectivity index (χ0n) is 18.9. The number of benzene rings is 1. The number of piperidine rings is 1. The second-order valence-electron chi connectivity index (χ2n) is 9.01. The van der Waals surface area contributed by atoms with Gasteiger partial charge in [-0.25, -0.2) is 4.98 Å². The summed E-state index contributed by atoms with van der Waals surface area (Å²) in [5, 5.41) is 19.6. The Morgan fingerprint density at radius 2 is 1.89 bits per heavy atom. The minimum atomic E-state index is -4.68. The second-order valence-corrected chi connectivity index (χ2v) is 9.99. The van der Waals surface area contributed by atoms with Crippen LogP contribution in [0.3, 0.4) is 0 Å². The molecule has 3 aromatic rings. The van der Waals surface area contributed by atoms with E-state index in [1.165, 1.54) is 17.0 Å². The molecule has 35 heavy (non-hydrogen) atoms. The highest BCUT2D eigenvalue weighted by atomic mass is 32.1. The second kappa shape index (κ2) is 8.89. The maximum Gasteiger partial charge on any atom is 0.445 e. The number of nitrogens with one attached hydrogen (secondary N) is 1. The molecule has 0 bridgehead atoms. The molecule has 0 saturated carbocycles. The van der Waals surface area contributed by atoms with Crippen LogP contribution in [0.2, 0.25) is 0 Å². The number of nitrogens with zero attached hydrogens (tertiary/aromatic N) is 4. The summed E-state index contributed by atoms with van der Waals surface area (Å²) in [5.41, 5.74) is -2.49.